The minimum absolute atomic E-state index is 0.112. The zero-order valence-corrected chi connectivity index (χ0v) is 26.7. The number of hydrogen-bond donors (Lipinski definition) is 5. The maximum absolute atomic E-state index is 12.0. The van der Waals surface area contributed by atoms with Crippen LogP contribution in [0.3, 0.4) is 0 Å². The smallest absolute Gasteiger partial charge is 0.323 e. The van der Waals surface area contributed by atoms with E-state index in [1.807, 2.05) is 48.5 Å². The van der Waals surface area contributed by atoms with Gasteiger partial charge in [-0.15, -0.1) is 0 Å². The lowest BCUT2D eigenvalue weighted by molar-refractivity contribution is 0.0159. The highest BCUT2D eigenvalue weighted by Crippen LogP contribution is 2.38. The number of carbonyl (C=O) groups is 1. The van der Waals surface area contributed by atoms with E-state index in [-0.39, 0.29) is 18.2 Å². The Morgan fingerprint density at radius 2 is 1.07 bits per heavy atom. The molecule has 4 aromatic carbocycles. The number of ether oxygens (including phenoxy) is 2. The number of anilines is 3. The van der Waals surface area contributed by atoms with Gasteiger partial charge in [0.1, 0.15) is 0 Å². The molecule has 4 heterocycles. The molecule has 4 fully saturated rings. The van der Waals surface area contributed by atoms with Crippen molar-refractivity contribution in [1.29, 1.82) is 0 Å². The lowest BCUT2D eigenvalue weighted by atomic mass is 10.0. The standard InChI is InChI=1S/C18H18ClN3O2.C18H19ClN2O/c19-12-3-7-14(8-4-12)22-18(23)21-13-5-1-11(2-6-13)17-16-9-15(24-17)10-20-16;19-14-5-1-12(2-6-14)10-20-15-7-3-13(4-8-15)18-17-9-16(22-18)11-21-17/h1-8,15-17,20H,9-10H2,(H2,21,22,23);1-8,16-18,20-21H,9-11H2/t15-,16-,17+;16-,17-,18+/m00/s1. The molecular weight excluding hydrogens is 621 g/mol. The average Bonchev–Trinajstić information content (AvgIpc) is 3.90. The van der Waals surface area contributed by atoms with Crippen LogP contribution in [-0.4, -0.2) is 43.4 Å². The number of halogens is 2. The van der Waals surface area contributed by atoms with Crippen LogP contribution in [0.25, 0.3) is 0 Å². The summed E-state index contributed by atoms with van der Waals surface area (Å²) in [7, 11) is 0. The first kappa shape index (κ1) is 31.0. The second kappa shape index (κ2) is 14.0. The number of fused-ring (bicyclic) bond motifs is 4. The van der Waals surface area contributed by atoms with Gasteiger partial charge < -0.3 is 36.1 Å². The number of benzene rings is 4. The fraction of sp³-hybridized carbons (Fsp3) is 0.306. The topological polar surface area (TPSA) is 95.7 Å². The molecule has 4 bridgehead atoms. The summed E-state index contributed by atoms with van der Waals surface area (Å²) >= 11 is 11.7. The van der Waals surface area contributed by atoms with E-state index >= 15 is 0 Å². The van der Waals surface area contributed by atoms with Crippen LogP contribution < -0.4 is 26.6 Å². The van der Waals surface area contributed by atoms with E-state index in [0.29, 0.717) is 35.0 Å². The van der Waals surface area contributed by atoms with Crippen LogP contribution in [0.2, 0.25) is 10.0 Å². The van der Waals surface area contributed by atoms with Crippen molar-refractivity contribution in [2.45, 2.75) is 55.9 Å². The van der Waals surface area contributed by atoms with Crippen molar-refractivity contribution in [3.63, 3.8) is 0 Å². The van der Waals surface area contributed by atoms with Gasteiger partial charge >= 0.3 is 6.03 Å². The van der Waals surface area contributed by atoms with E-state index in [2.05, 4.69) is 50.8 Å². The van der Waals surface area contributed by atoms with Gasteiger partial charge in [-0.2, -0.15) is 0 Å². The minimum atomic E-state index is -0.289. The molecule has 0 spiro atoms. The van der Waals surface area contributed by atoms with Gasteiger partial charge in [-0.1, -0.05) is 59.6 Å². The minimum Gasteiger partial charge on any atom is -0.381 e. The number of nitrogens with one attached hydrogen (secondary N) is 5. The van der Waals surface area contributed by atoms with Crippen LogP contribution in [0.5, 0.6) is 0 Å². The van der Waals surface area contributed by atoms with Gasteiger partial charge in [0.05, 0.1) is 24.4 Å². The Kier molecular flexibility index (Phi) is 9.44. The van der Waals surface area contributed by atoms with Crippen LogP contribution in [0, 0.1) is 0 Å². The van der Waals surface area contributed by atoms with E-state index in [1.165, 1.54) is 11.1 Å². The molecule has 4 aliphatic rings. The molecule has 2 amide bonds. The number of amides is 2. The number of urea groups is 1. The molecule has 4 saturated heterocycles. The Hall–Kier alpha value is -3.63. The largest absolute Gasteiger partial charge is 0.381 e. The molecule has 10 heteroatoms. The summed E-state index contributed by atoms with van der Waals surface area (Å²) in [4.78, 5) is 12.0. The summed E-state index contributed by atoms with van der Waals surface area (Å²) in [5.74, 6) is 0. The van der Waals surface area contributed by atoms with Gasteiger partial charge in [-0.05, 0) is 90.2 Å². The molecule has 6 atom stereocenters. The Morgan fingerprint density at radius 3 is 1.50 bits per heavy atom. The Morgan fingerprint density at radius 1 is 0.630 bits per heavy atom. The van der Waals surface area contributed by atoms with Gasteiger partial charge in [0.2, 0.25) is 0 Å². The van der Waals surface area contributed by atoms with Gasteiger partial charge in [-0.3, -0.25) is 0 Å². The van der Waals surface area contributed by atoms with Gasteiger partial charge in [-0.25, -0.2) is 4.79 Å². The van der Waals surface area contributed by atoms with Crippen molar-refractivity contribution < 1.29 is 14.3 Å². The summed E-state index contributed by atoms with van der Waals surface area (Å²) in [5.41, 5.74) is 6.16. The van der Waals surface area contributed by atoms with Gasteiger partial charge in [0, 0.05) is 58.8 Å². The van der Waals surface area contributed by atoms with Crippen LogP contribution >= 0.6 is 23.2 Å². The first-order chi connectivity index (χ1) is 22.4. The first-order valence-corrected chi connectivity index (χ1v) is 16.5. The predicted octanol–water partition coefficient (Wildman–Crippen LogP) is 7.54. The van der Waals surface area contributed by atoms with Crippen LogP contribution in [0.15, 0.2) is 97.1 Å². The van der Waals surface area contributed by atoms with Gasteiger partial charge in [0.15, 0.2) is 0 Å². The number of carbonyl (C=O) groups excluding carboxylic acids is 1. The molecule has 4 aromatic rings. The first-order valence-electron chi connectivity index (χ1n) is 15.7. The Bertz CT molecular complexity index is 1620. The zero-order valence-electron chi connectivity index (χ0n) is 25.2. The molecule has 0 radical (unpaired) electrons. The van der Waals surface area contributed by atoms with Crippen molar-refractivity contribution in [3.8, 4) is 0 Å². The summed E-state index contributed by atoms with van der Waals surface area (Å²) < 4.78 is 12.0. The third kappa shape index (κ3) is 7.50. The maximum atomic E-state index is 12.0. The average molecular weight is 659 g/mol. The molecule has 0 aliphatic carbocycles. The SMILES string of the molecule is Clc1ccc(CNc2ccc([C@H]3O[C@@H]4CN[C@H]3C4)cc2)cc1.O=C(Nc1ccc(Cl)cc1)Nc1ccc([C@H]2O[C@@H]3CN[C@H]2C3)cc1. The lowest BCUT2D eigenvalue weighted by Crippen LogP contribution is -2.33. The summed E-state index contributed by atoms with van der Waals surface area (Å²) in [5, 5.41) is 17.4. The lowest BCUT2D eigenvalue weighted by Gasteiger charge is -2.23. The highest BCUT2D eigenvalue weighted by Gasteiger charge is 2.42. The predicted molar refractivity (Wildman–Crippen MR) is 184 cm³/mol. The van der Waals surface area contributed by atoms with Crippen molar-refractivity contribution in [1.82, 2.24) is 10.6 Å². The molecule has 0 saturated carbocycles. The normalized spacial score (nSPS) is 25.5. The summed E-state index contributed by atoms with van der Waals surface area (Å²) in [6, 6.07) is 31.9. The molecule has 0 aromatic heterocycles. The van der Waals surface area contributed by atoms with Crippen molar-refractivity contribution in [2.24, 2.45) is 0 Å². The molecule has 5 N–H and O–H groups in total. The van der Waals surface area contributed by atoms with E-state index in [1.54, 1.807) is 24.3 Å². The molecule has 4 aliphatic heterocycles. The zero-order chi connectivity index (χ0) is 31.5. The van der Waals surface area contributed by atoms with Crippen molar-refractivity contribution in [3.05, 3.63) is 124 Å². The van der Waals surface area contributed by atoms with Crippen LogP contribution in [-0.2, 0) is 16.0 Å². The fourth-order valence-electron chi connectivity index (χ4n) is 6.54. The quantitative estimate of drug-likeness (QED) is 0.141. The number of hydrogen-bond acceptors (Lipinski definition) is 6. The van der Waals surface area contributed by atoms with Crippen LogP contribution in [0.4, 0.5) is 21.9 Å². The summed E-state index contributed by atoms with van der Waals surface area (Å²) in [6.45, 7) is 2.75. The second-order valence-corrected chi connectivity index (χ2v) is 13.0. The highest BCUT2D eigenvalue weighted by molar-refractivity contribution is 6.30. The van der Waals surface area contributed by atoms with E-state index in [4.69, 9.17) is 32.7 Å². The molecule has 46 heavy (non-hydrogen) atoms. The number of morpholine rings is 2. The Balaban J connectivity index is 0.000000147. The van der Waals surface area contributed by atoms with Crippen molar-refractivity contribution >= 4 is 46.3 Å². The maximum Gasteiger partial charge on any atom is 0.323 e. The monoisotopic (exact) mass is 657 g/mol. The second-order valence-electron chi connectivity index (χ2n) is 12.2. The third-order valence-corrected chi connectivity index (χ3v) is 9.41. The van der Waals surface area contributed by atoms with Crippen LogP contribution in [0.1, 0.15) is 41.7 Å². The highest BCUT2D eigenvalue weighted by atomic mass is 35.5. The van der Waals surface area contributed by atoms with E-state index in [9.17, 15) is 4.79 Å². The van der Waals surface area contributed by atoms with E-state index < -0.39 is 0 Å². The molecule has 8 rings (SSSR count). The van der Waals surface area contributed by atoms with Crippen molar-refractivity contribution in [2.75, 3.05) is 29.0 Å². The number of rotatable bonds is 7. The Labute approximate surface area is 279 Å². The third-order valence-electron chi connectivity index (χ3n) is 8.91. The van der Waals surface area contributed by atoms with Gasteiger partial charge in [0.25, 0.3) is 0 Å². The molecule has 0 unspecified atom stereocenters. The fourth-order valence-corrected chi connectivity index (χ4v) is 6.79. The molecular formula is C36H37Cl2N5O3. The molecule has 238 valence electrons. The van der Waals surface area contributed by atoms with E-state index in [0.717, 1.165) is 54.4 Å². The molecule has 8 nitrogen and oxygen atoms in total. The summed E-state index contributed by atoms with van der Waals surface area (Å²) in [6.07, 6.45) is 3.28.